The van der Waals surface area contributed by atoms with Gasteiger partial charge in [-0.15, -0.1) is 0 Å². The van der Waals surface area contributed by atoms with E-state index in [0.29, 0.717) is 19.5 Å². The molecule has 0 bridgehead atoms. The lowest BCUT2D eigenvalue weighted by atomic mass is 10.0. The molecule has 2 atom stereocenters. The summed E-state index contributed by atoms with van der Waals surface area (Å²) in [5.41, 5.74) is 2.61. The molecule has 0 aromatic heterocycles. The summed E-state index contributed by atoms with van der Waals surface area (Å²) in [7, 11) is 0. The molecule has 0 spiro atoms. The Morgan fingerprint density at radius 3 is 2.70 bits per heavy atom. The third-order valence-corrected chi connectivity index (χ3v) is 4.07. The number of nitrogens with zero attached hydrogens (tertiary/aromatic N) is 1. The Hall–Kier alpha value is -1.43. The number of rotatable bonds is 3. The summed E-state index contributed by atoms with van der Waals surface area (Å²) in [4.78, 5) is 14.2. The van der Waals surface area contributed by atoms with Gasteiger partial charge in [-0.2, -0.15) is 0 Å². The Labute approximate surface area is 119 Å². The van der Waals surface area contributed by atoms with Gasteiger partial charge in [-0.05, 0) is 24.1 Å². The fourth-order valence-corrected chi connectivity index (χ4v) is 2.96. The van der Waals surface area contributed by atoms with Crippen molar-refractivity contribution >= 4 is 5.91 Å². The van der Waals surface area contributed by atoms with Crippen LogP contribution in [-0.2, 0) is 17.9 Å². The molecule has 3 N–H and O–H groups in total. The van der Waals surface area contributed by atoms with Crippen LogP contribution in [0.2, 0.25) is 0 Å². The van der Waals surface area contributed by atoms with Gasteiger partial charge in [0, 0.05) is 19.6 Å². The van der Waals surface area contributed by atoms with Crippen LogP contribution >= 0.6 is 0 Å². The molecule has 1 fully saturated rings. The lowest BCUT2D eigenvalue weighted by molar-refractivity contribution is -0.124. The van der Waals surface area contributed by atoms with E-state index in [0.717, 1.165) is 19.6 Å². The number of aliphatic hydroxyl groups is 1. The number of carbonyl (C=O) groups excluding carboxylic acids is 1. The molecule has 0 radical (unpaired) electrons. The SMILES string of the molecule is O=C(CN1Cc2ccccc2C1)N[C@H]1CNCC[C@H]1O. The molecule has 2 aliphatic rings. The van der Waals surface area contributed by atoms with Crippen LogP contribution in [0, 0.1) is 0 Å². The van der Waals surface area contributed by atoms with Crippen molar-refractivity contribution in [3.05, 3.63) is 35.4 Å². The molecule has 5 heteroatoms. The number of carbonyl (C=O) groups is 1. The summed E-state index contributed by atoms with van der Waals surface area (Å²) in [6.07, 6.45) is 0.260. The molecule has 1 amide bonds. The minimum atomic E-state index is -0.434. The second-order valence-electron chi connectivity index (χ2n) is 5.65. The first-order valence-electron chi connectivity index (χ1n) is 7.19. The van der Waals surface area contributed by atoms with Crippen molar-refractivity contribution < 1.29 is 9.90 Å². The Bertz CT molecular complexity index is 467. The number of nitrogens with one attached hydrogen (secondary N) is 2. The highest BCUT2D eigenvalue weighted by molar-refractivity contribution is 5.78. The van der Waals surface area contributed by atoms with Crippen molar-refractivity contribution in [2.24, 2.45) is 0 Å². The fraction of sp³-hybridized carbons (Fsp3) is 0.533. The van der Waals surface area contributed by atoms with Gasteiger partial charge in [0.05, 0.1) is 18.7 Å². The van der Waals surface area contributed by atoms with E-state index in [-0.39, 0.29) is 11.9 Å². The summed E-state index contributed by atoms with van der Waals surface area (Å²) in [6.45, 7) is 3.50. The van der Waals surface area contributed by atoms with E-state index in [9.17, 15) is 9.90 Å². The molecule has 0 unspecified atom stereocenters. The molecule has 3 rings (SSSR count). The van der Waals surface area contributed by atoms with Gasteiger partial charge in [-0.25, -0.2) is 0 Å². The van der Waals surface area contributed by atoms with Crippen molar-refractivity contribution in [2.45, 2.75) is 31.7 Å². The highest BCUT2D eigenvalue weighted by Gasteiger charge is 2.26. The molecule has 2 heterocycles. The van der Waals surface area contributed by atoms with Crippen molar-refractivity contribution in [1.82, 2.24) is 15.5 Å². The summed E-state index contributed by atoms with van der Waals surface area (Å²) in [5, 5.41) is 16.0. The van der Waals surface area contributed by atoms with Crippen LogP contribution < -0.4 is 10.6 Å². The Morgan fingerprint density at radius 1 is 1.35 bits per heavy atom. The number of piperidine rings is 1. The molecule has 1 aromatic carbocycles. The van der Waals surface area contributed by atoms with Gasteiger partial charge in [0.1, 0.15) is 0 Å². The number of amides is 1. The highest BCUT2D eigenvalue weighted by Crippen LogP contribution is 2.21. The standard InChI is InChI=1S/C15H21N3O2/c19-14-5-6-16-7-13(14)17-15(20)10-18-8-11-3-1-2-4-12(11)9-18/h1-4,13-14,16,19H,5-10H2,(H,17,20)/t13-,14+/m0/s1. The van der Waals surface area contributed by atoms with Gasteiger partial charge in [0.2, 0.25) is 5.91 Å². The van der Waals surface area contributed by atoms with Crippen molar-refractivity contribution in [2.75, 3.05) is 19.6 Å². The maximum atomic E-state index is 12.1. The molecule has 1 saturated heterocycles. The molecule has 1 aromatic rings. The van der Waals surface area contributed by atoms with Crippen molar-refractivity contribution in [3.8, 4) is 0 Å². The van der Waals surface area contributed by atoms with E-state index in [4.69, 9.17) is 0 Å². The van der Waals surface area contributed by atoms with Gasteiger partial charge in [-0.1, -0.05) is 24.3 Å². The second kappa shape index (κ2) is 5.91. The zero-order valence-electron chi connectivity index (χ0n) is 11.5. The fourth-order valence-electron chi connectivity index (χ4n) is 2.96. The maximum Gasteiger partial charge on any atom is 0.234 e. The third kappa shape index (κ3) is 3.00. The molecule has 108 valence electrons. The predicted molar refractivity (Wildman–Crippen MR) is 76.0 cm³/mol. The number of fused-ring (bicyclic) bond motifs is 1. The molecule has 2 aliphatic heterocycles. The number of aliphatic hydroxyl groups excluding tert-OH is 1. The number of benzene rings is 1. The Balaban J connectivity index is 1.51. The van der Waals surface area contributed by atoms with E-state index >= 15 is 0 Å². The quantitative estimate of drug-likeness (QED) is 0.717. The molecule has 5 nitrogen and oxygen atoms in total. The minimum absolute atomic E-state index is 0.00874. The lowest BCUT2D eigenvalue weighted by Crippen LogP contribution is -2.55. The summed E-state index contributed by atoms with van der Waals surface area (Å²) in [6, 6.07) is 8.13. The topological polar surface area (TPSA) is 64.6 Å². The molecule has 20 heavy (non-hydrogen) atoms. The van der Waals surface area contributed by atoms with Crippen LogP contribution in [0.25, 0.3) is 0 Å². The maximum absolute atomic E-state index is 12.1. The first-order chi connectivity index (χ1) is 9.72. The van der Waals surface area contributed by atoms with Crippen molar-refractivity contribution in [3.63, 3.8) is 0 Å². The summed E-state index contributed by atoms with van der Waals surface area (Å²) in [5.74, 6) is -0.00874. The van der Waals surface area contributed by atoms with Gasteiger partial charge < -0.3 is 15.7 Å². The second-order valence-corrected chi connectivity index (χ2v) is 5.65. The van der Waals surface area contributed by atoms with E-state index in [1.165, 1.54) is 11.1 Å². The largest absolute Gasteiger partial charge is 0.391 e. The first-order valence-corrected chi connectivity index (χ1v) is 7.19. The monoisotopic (exact) mass is 275 g/mol. The van der Waals surface area contributed by atoms with Gasteiger partial charge in [0.25, 0.3) is 0 Å². The normalized spacial score (nSPS) is 26.2. The molecule has 0 aliphatic carbocycles. The molecule has 0 saturated carbocycles. The van der Waals surface area contributed by atoms with Gasteiger partial charge in [-0.3, -0.25) is 9.69 Å². The van der Waals surface area contributed by atoms with E-state index in [1.807, 2.05) is 12.1 Å². The lowest BCUT2D eigenvalue weighted by Gasteiger charge is -2.29. The third-order valence-electron chi connectivity index (χ3n) is 4.07. The van der Waals surface area contributed by atoms with E-state index < -0.39 is 6.10 Å². The highest BCUT2D eigenvalue weighted by atomic mass is 16.3. The van der Waals surface area contributed by atoms with Gasteiger partial charge in [0.15, 0.2) is 0 Å². The minimum Gasteiger partial charge on any atom is -0.391 e. The first kappa shape index (κ1) is 13.5. The average Bonchev–Trinajstić information content (AvgIpc) is 2.83. The van der Waals surface area contributed by atoms with Gasteiger partial charge >= 0.3 is 0 Å². The van der Waals surface area contributed by atoms with Crippen LogP contribution in [0.15, 0.2) is 24.3 Å². The van der Waals surface area contributed by atoms with Crippen LogP contribution in [0.1, 0.15) is 17.5 Å². The zero-order chi connectivity index (χ0) is 13.9. The number of hydrogen-bond acceptors (Lipinski definition) is 4. The van der Waals surface area contributed by atoms with Crippen LogP contribution in [0.5, 0.6) is 0 Å². The van der Waals surface area contributed by atoms with E-state index in [2.05, 4.69) is 27.7 Å². The Morgan fingerprint density at radius 2 is 2.05 bits per heavy atom. The summed E-state index contributed by atoms with van der Waals surface area (Å²) < 4.78 is 0. The summed E-state index contributed by atoms with van der Waals surface area (Å²) >= 11 is 0. The van der Waals surface area contributed by atoms with Crippen LogP contribution in [-0.4, -0.2) is 47.7 Å². The van der Waals surface area contributed by atoms with Crippen LogP contribution in [0.3, 0.4) is 0 Å². The number of hydrogen-bond donors (Lipinski definition) is 3. The molecular formula is C15H21N3O2. The van der Waals surface area contributed by atoms with Crippen molar-refractivity contribution in [1.29, 1.82) is 0 Å². The predicted octanol–water partition coefficient (Wildman–Crippen LogP) is -0.159. The van der Waals surface area contributed by atoms with Crippen LogP contribution in [0.4, 0.5) is 0 Å². The van der Waals surface area contributed by atoms with E-state index in [1.54, 1.807) is 0 Å². The zero-order valence-corrected chi connectivity index (χ0v) is 11.5. The molecular weight excluding hydrogens is 254 g/mol. The smallest absolute Gasteiger partial charge is 0.234 e. The Kier molecular flexibility index (Phi) is 4.00. The average molecular weight is 275 g/mol.